The average Bonchev–Trinajstić information content (AvgIpc) is 2.81. The van der Waals surface area contributed by atoms with Crippen LogP contribution in [-0.4, -0.2) is 6.61 Å². The summed E-state index contributed by atoms with van der Waals surface area (Å²) in [7, 11) is 0. The van der Waals surface area contributed by atoms with Crippen LogP contribution in [0.5, 0.6) is 5.75 Å². The van der Waals surface area contributed by atoms with Crippen LogP contribution in [0.1, 0.15) is 23.1 Å². The van der Waals surface area contributed by atoms with Crippen molar-refractivity contribution in [3.05, 3.63) is 87.7 Å². The van der Waals surface area contributed by atoms with Gasteiger partial charge >= 0.3 is 0 Å². The standard InChI is InChI=1S/C22H16ClNO2/c1-14-2-7-21-20(12-14)22-18(9-11-25-21)19(13-17(26-22)8-10-24)15-3-5-16(23)6-4-15/h2-8,12-13H,9,11H2,1H3. The Labute approximate surface area is 157 Å². The molecule has 0 fully saturated rings. The molecular formula is C22H16ClNO2. The van der Waals surface area contributed by atoms with E-state index in [1.807, 2.05) is 49.4 Å². The highest BCUT2D eigenvalue weighted by Gasteiger charge is 2.27. The molecular weight excluding hydrogens is 346 g/mol. The second-order valence-corrected chi connectivity index (χ2v) is 6.68. The van der Waals surface area contributed by atoms with Gasteiger partial charge in [0.1, 0.15) is 17.3 Å². The van der Waals surface area contributed by atoms with Crippen molar-refractivity contribution >= 4 is 22.9 Å². The van der Waals surface area contributed by atoms with Gasteiger partial charge in [-0.1, -0.05) is 35.4 Å². The van der Waals surface area contributed by atoms with Crippen molar-refractivity contribution in [1.29, 1.82) is 5.26 Å². The van der Waals surface area contributed by atoms with Crippen LogP contribution in [0.15, 0.2) is 65.9 Å². The molecule has 0 spiro atoms. The molecule has 2 aliphatic heterocycles. The fourth-order valence-electron chi connectivity index (χ4n) is 3.26. The summed E-state index contributed by atoms with van der Waals surface area (Å²) < 4.78 is 12.0. The van der Waals surface area contributed by atoms with Crippen molar-refractivity contribution in [2.75, 3.05) is 6.61 Å². The lowest BCUT2D eigenvalue weighted by Gasteiger charge is -2.23. The van der Waals surface area contributed by atoms with Crippen LogP contribution in [0, 0.1) is 18.3 Å². The van der Waals surface area contributed by atoms with E-state index in [0.717, 1.165) is 45.8 Å². The summed E-state index contributed by atoms with van der Waals surface area (Å²) in [6.45, 7) is 2.61. The Kier molecular flexibility index (Phi) is 4.28. The van der Waals surface area contributed by atoms with Gasteiger partial charge in [-0.2, -0.15) is 5.26 Å². The first-order valence-corrected chi connectivity index (χ1v) is 8.76. The maximum Gasteiger partial charge on any atom is 0.142 e. The van der Waals surface area contributed by atoms with Crippen LogP contribution in [0.25, 0.3) is 11.3 Å². The van der Waals surface area contributed by atoms with E-state index >= 15 is 0 Å². The molecule has 128 valence electrons. The third kappa shape index (κ3) is 3.00. The predicted molar refractivity (Wildman–Crippen MR) is 102 cm³/mol. The van der Waals surface area contributed by atoms with Gasteiger partial charge in [0.15, 0.2) is 0 Å². The lowest BCUT2D eigenvalue weighted by Crippen LogP contribution is -2.05. The highest BCUT2D eigenvalue weighted by Crippen LogP contribution is 2.44. The van der Waals surface area contributed by atoms with Gasteiger partial charge in [0.05, 0.1) is 24.3 Å². The molecule has 2 aliphatic rings. The number of benzene rings is 2. The van der Waals surface area contributed by atoms with Crippen molar-refractivity contribution in [3.8, 4) is 11.8 Å². The number of rotatable bonds is 1. The van der Waals surface area contributed by atoms with E-state index in [9.17, 15) is 0 Å². The maximum absolute atomic E-state index is 9.11. The summed E-state index contributed by atoms with van der Waals surface area (Å²) in [6, 6.07) is 15.8. The lowest BCUT2D eigenvalue weighted by atomic mass is 9.90. The Morgan fingerprint density at radius 1 is 1.15 bits per heavy atom. The fourth-order valence-corrected chi connectivity index (χ4v) is 3.38. The largest absolute Gasteiger partial charge is 0.492 e. The number of nitriles is 1. The molecule has 4 heteroatoms. The molecule has 0 aliphatic carbocycles. The molecule has 0 N–H and O–H groups in total. The minimum absolute atomic E-state index is 0.519. The number of fused-ring (bicyclic) bond motifs is 2. The van der Waals surface area contributed by atoms with Crippen LogP contribution in [0.2, 0.25) is 5.02 Å². The van der Waals surface area contributed by atoms with Crippen LogP contribution < -0.4 is 4.74 Å². The number of allylic oxidation sites excluding steroid dienone is 3. The lowest BCUT2D eigenvalue weighted by molar-refractivity contribution is 0.325. The van der Waals surface area contributed by atoms with Gasteiger partial charge in [0.2, 0.25) is 0 Å². The van der Waals surface area contributed by atoms with E-state index in [1.165, 1.54) is 6.08 Å². The second kappa shape index (κ2) is 6.74. The molecule has 0 unspecified atom stereocenters. The zero-order valence-electron chi connectivity index (χ0n) is 14.3. The fraction of sp³-hybridized carbons (Fsp3) is 0.136. The number of hydrogen-bond acceptors (Lipinski definition) is 3. The topological polar surface area (TPSA) is 42.2 Å². The van der Waals surface area contributed by atoms with Crippen molar-refractivity contribution in [2.45, 2.75) is 13.3 Å². The third-order valence-corrected chi connectivity index (χ3v) is 4.71. The number of ether oxygens (including phenoxy) is 2. The Morgan fingerprint density at radius 2 is 1.96 bits per heavy atom. The van der Waals surface area contributed by atoms with E-state index in [0.29, 0.717) is 17.4 Å². The van der Waals surface area contributed by atoms with E-state index in [2.05, 4.69) is 12.1 Å². The predicted octanol–water partition coefficient (Wildman–Crippen LogP) is 5.66. The Balaban J connectivity index is 1.94. The first-order valence-electron chi connectivity index (χ1n) is 8.38. The first kappa shape index (κ1) is 16.5. The molecule has 26 heavy (non-hydrogen) atoms. The van der Waals surface area contributed by atoms with Crippen molar-refractivity contribution in [2.24, 2.45) is 0 Å². The molecule has 2 aromatic carbocycles. The van der Waals surface area contributed by atoms with Gasteiger partial charge in [0.25, 0.3) is 0 Å². The van der Waals surface area contributed by atoms with Crippen molar-refractivity contribution in [1.82, 2.24) is 0 Å². The number of hydrogen-bond donors (Lipinski definition) is 0. The van der Waals surface area contributed by atoms with Gasteiger partial charge in [-0.25, -0.2) is 0 Å². The van der Waals surface area contributed by atoms with E-state index in [-0.39, 0.29) is 0 Å². The molecule has 0 saturated carbocycles. The van der Waals surface area contributed by atoms with Gasteiger partial charge in [-0.05, 0) is 48.4 Å². The molecule has 0 saturated heterocycles. The minimum atomic E-state index is 0.519. The SMILES string of the molecule is Cc1ccc2c(c1)C1=C(CCO2)C(c2ccc(Cl)cc2)=CC(=CC#N)O1. The number of nitrogens with zero attached hydrogens (tertiary/aromatic N) is 1. The van der Waals surface area contributed by atoms with Crippen LogP contribution in [0.3, 0.4) is 0 Å². The quantitative estimate of drug-likeness (QED) is 0.615. The molecule has 0 amide bonds. The summed E-state index contributed by atoms with van der Waals surface area (Å²) in [6.07, 6.45) is 4.05. The van der Waals surface area contributed by atoms with Gasteiger partial charge in [-0.15, -0.1) is 0 Å². The van der Waals surface area contributed by atoms with Gasteiger partial charge < -0.3 is 9.47 Å². The monoisotopic (exact) mass is 361 g/mol. The zero-order chi connectivity index (χ0) is 18.1. The Bertz CT molecular complexity index is 1010. The van der Waals surface area contributed by atoms with E-state index in [4.69, 9.17) is 26.3 Å². The molecule has 4 rings (SSSR count). The van der Waals surface area contributed by atoms with Crippen molar-refractivity contribution in [3.63, 3.8) is 0 Å². The van der Waals surface area contributed by atoms with Crippen LogP contribution in [0.4, 0.5) is 0 Å². The summed E-state index contributed by atoms with van der Waals surface area (Å²) in [5, 5.41) is 9.80. The Morgan fingerprint density at radius 3 is 2.73 bits per heavy atom. The summed E-state index contributed by atoms with van der Waals surface area (Å²) >= 11 is 6.05. The Hall–Kier alpha value is -2.96. The highest BCUT2D eigenvalue weighted by atomic mass is 35.5. The van der Waals surface area contributed by atoms with Crippen LogP contribution >= 0.6 is 11.6 Å². The summed E-state index contributed by atoms with van der Waals surface area (Å²) in [4.78, 5) is 0. The molecule has 3 nitrogen and oxygen atoms in total. The maximum atomic E-state index is 9.11. The zero-order valence-corrected chi connectivity index (χ0v) is 15.0. The molecule has 0 aromatic heterocycles. The van der Waals surface area contributed by atoms with E-state index < -0.39 is 0 Å². The van der Waals surface area contributed by atoms with E-state index in [1.54, 1.807) is 0 Å². The van der Waals surface area contributed by atoms with Crippen LogP contribution in [-0.2, 0) is 4.74 Å². The smallest absolute Gasteiger partial charge is 0.142 e. The molecule has 2 heterocycles. The molecule has 0 radical (unpaired) electrons. The molecule has 0 bridgehead atoms. The highest BCUT2D eigenvalue weighted by molar-refractivity contribution is 6.30. The van der Waals surface area contributed by atoms with Gasteiger partial charge in [0, 0.05) is 17.0 Å². The normalized spacial score (nSPS) is 17.3. The van der Waals surface area contributed by atoms with Crippen molar-refractivity contribution < 1.29 is 9.47 Å². The average molecular weight is 362 g/mol. The number of aryl methyl sites for hydroxylation is 1. The molecule has 2 aromatic rings. The minimum Gasteiger partial charge on any atom is -0.492 e. The third-order valence-electron chi connectivity index (χ3n) is 4.46. The second-order valence-electron chi connectivity index (χ2n) is 6.25. The summed E-state index contributed by atoms with van der Waals surface area (Å²) in [5.41, 5.74) is 5.18. The summed E-state index contributed by atoms with van der Waals surface area (Å²) in [5.74, 6) is 2.08. The molecule has 0 atom stereocenters. The first-order chi connectivity index (χ1) is 12.7. The van der Waals surface area contributed by atoms with Gasteiger partial charge in [-0.3, -0.25) is 0 Å². The number of halogens is 1.